The Morgan fingerprint density at radius 2 is 2.31 bits per heavy atom. The molecule has 0 aliphatic carbocycles. The molecule has 1 aromatic heterocycles. The van der Waals surface area contributed by atoms with Gasteiger partial charge in [-0.2, -0.15) is 5.10 Å². The van der Waals surface area contributed by atoms with Gasteiger partial charge in [-0.05, 0) is 13.0 Å². The molecule has 2 rings (SSSR count). The lowest BCUT2D eigenvalue weighted by atomic mass is 10.1. The maximum Gasteiger partial charge on any atom is 0.236 e. The van der Waals surface area contributed by atoms with Crippen LogP contribution in [0.3, 0.4) is 0 Å². The van der Waals surface area contributed by atoms with Crippen molar-refractivity contribution in [2.45, 2.75) is 6.92 Å². The summed E-state index contributed by atoms with van der Waals surface area (Å²) >= 11 is 0. The molecule has 1 aromatic rings. The zero-order valence-electron chi connectivity index (χ0n) is 7.23. The van der Waals surface area contributed by atoms with Crippen LogP contribution in [0.15, 0.2) is 23.8 Å². The van der Waals surface area contributed by atoms with Crippen LogP contribution in [0.5, 0.6) is 0 Å². The largest absolute Gasteiger partial charge is 0.386 e. The third kappa shape index (κ3) is 1.12. The molecule has 1 aliphatic heterocycles. The highest BCUT2D eigenvalue weighted by molar-refractivity contribution is 6.22. The molecule has 0 spiro atoms. The zero-order valence-corrected chi connectivity index (χ0v) is 7.23. The van der Waals surface area contributed by atoms with Gasteiger partial charge in [0.1, 0.15) is 0 Å². The van der Waals surface area contributed by atoms with E-state index in [1.54, 1.807) is 19.2 Å². The molecule has 0 amide bonds. The Morgan fingerprint density at radius 3 is 3.08 bits per heavy atom. The number of hydrogen-bond acceptors (Lipinski definition) is 4. The number of aliphatic imine (C=N–C) groups is 1. The molecule has 0 saturated carbocycles. The van der Waals surface area contributed by atoms with Crippen LogP contribution in [-0.2, 0) is 0 Å². The van der Waals surface area contributed by atoms with Gasteiger partial charge in [0, 0.05) is 11.3 Å². The van der Waals surface area contributed by atoms with E-state index in [0.29, 0.717) is 17.4 Å². The van der Waals surface area contributed by atoms with Gasteiger partial charge >= 0.3 is 0 Å². The predicted octanol–water partition coefficient (Wildman–Crippen LogP) is 0.896. The fourth-order valence-electron chi connectivity index (χ4n) is 1.16. The van der Waals surface area contributed by atoms with Crippen molar-refractivity contribution in [2.24, 2.45) is 4.99 Å². The lowest BCUT2D eigenvalue weighted by molar-refractivity contribution is 0.885. The molecule has 0 atom stereocenters. The van der Waals surface area contributed by atoms with Gasteiger partial charge in [0.05, 0.1) is 12.0 Å². The first-order valence-electron chi connectivity index (χ1n) is 3.81. The summed E-state index contributed by atoms with van der Waals surface area (Å²) < 4.78 is 0. The fourth-order valence-corrected chi connectivity index (χ4v) is 1.16. The average molecular weight is 170 g/mol. The van der Waals surface area contributed by atoms with Gasteiger partial charge in [-0.15, -0.1) is 5.10 Å². The van der Waals surface area contributed by atoms with E-state index in [0.717, 1.165) is 5.56 Å². The molecule has 2 radical (unpaired) electrons. The van der Waals surface area contributed by atoms with Crippen molar-refractivity contribution in [3.8, 4) is 0 Å². The first kappa shape index (κ1) is 7.98. The maximum absolute atomic E-state index is 5.69. The van der Waals surface area contributed by atoms with Crippen LogP contribution in [-0.4, -0.2) is 28.8 Å². The van der Waals surface area contributed by atoms with Crippen LogP contribution in [0.2, 0.25) is 0 Å². The summed E-state index contributed by atoms with van der Waals surface area (Å²) in [4.78, 5) is 5.59. The van der Waals surface area contributed by atoms with Crippen molar-refractivity contribution in [3.05, 3.63) is 24.4 Å². The highest BCUT2D eigenvalue weighted by Crippen LogP contribution is 2.28. The number of fused-ring (bicyclic) bond motifs is 1. The molecule has 5 heteroatoms. The summed E-state index contributed by atoms with van der Waals surface area (Å²) in [5.41, 5.74) is 1.51. The molecule has 62 valence electrons. The molecule has 0 N–H and O–H groups in total. The standard InChI is InChI=1S/C8H7BN4/c1-5-7-3-4-10-12-8(7)11-6(2)13(5)9/h3-4H,1H2,2H3. The second kappa shape index (κ2) is 2.69. The van der Waals surface area contributed by atoms with E-state index in [2.05, 4.69) is 21.8 Å². The van der Waals surface area contributed by atoms with Crippen LogP contribution in [0.25, 0.3) is 5.70 Å². The van der Waals surface area contributed by atoms with Crippen molar-refractivity contribution < 1.29 is 0 Å². The summed E-state index contributed by atoms with van der Waals surface area (Å²) in [7, 11) is 5.69. The van der Waals surface area contributed by atoms with Crippen LogP contribution in [0.1, 0.15) is 12.5 Å². The molecule has 13 heavy (non-hydrogen) atoms. The Hall–Kier alpha value is -1.65. The van der Waals surface area contributed by atoms with E-state index < -0.39 is 0 Å². The van der Waals surface area contributed by atoms with E-state index in [-0.39, 0.29) is 0 Å². The van der Waals surface area contributed by atoms with Crippen LogP contribution in [0, 0.1) is 0 Å². The van der Waals surface area contributed by atoms with Crippen molar-refractivity contribution in [3.63, 3.8) is 0 Å². The zero-order chi connectivity index (χ0) is 9.42. The smallest absolute Gasteiger partial charge is 0.236 e. The summed E-state index contributed by atoms with van der Waals surface area (Å²) in [6.07, 6.45) is 1.59. The quantitative estimate of drug-likeness (QED) is 0.543. The third-order valence-electron chi connectivity index (χ3n) is 1.92. The Bertz CT molecular complexity index is 399. The van der Waals surface area contributed by atoms with E-state index in [4.69, 9.17) is 7.98 Å². The first-order valence-corrected chi connectivity index (χ1v) is 3.81. The molecule has 4 nitrogen and oxygen atoms in total. The minimum Gasteiger partial charge on any atom is -0.386 e. The van der Waals surface area contributed by atoms with Gasteiger partial charge in [-0.25, -0.2) is 4.99 Å². The summed E-state index contributed by atoms with van der Waals surface area (Å²) in [5.74, 6) is 1.24. The van der Waals surface area contributed by atoms with Gasteiger partial charge in [0.15, 0.2) is 5.82 Å². The molecule has 0 bridgehead atoms. The minimum absolute atomic E-state index is 0.576. The van der Waals surface area contributed by atoms with Crippen molar-refractivity contribution >= 4 is 25.3 Å². The van der Waals surface area contributed by atoms with Gasteiger partial charge in [0.25, 0.3) is 0 Å². The van der Waals surface area contributed by atoms with Gasteiger partial charge < -0.3 is 4.81 Å². The summed E-state index contributed by atoms with van der Waals surface area (Å²) in [5, 5.41) is 7.61. The van der Waals surface area contributed by atoms with E-state index in [9.17, 15) is 0 Å². The van der Waals surface area contributed by atoms with E-state index in [1.165, 1.54) is 4.81 Å². The summed E-state index contributed by atoms with van der Waals surface area (Å²) in [6.45, 7) is 5.63. The first-order chi connectivity index (χ1) is 6.20. The second-order valence-corrected chi connectivity index (χ2v) is 2.74. The Balaban J connectivity index is 2.63. The number of nitrogens with zero attached hydrogens (tertiary/aromatic N) is 4. The Morgan fingerprint density at radius 1 is 1.54 bits per heavy atom. The lowest BCUT2D eigenvalue weighted by Gasteiger charge is -2.26. The van der Waals surface area contributed by atoms with Crippen molar-refractivity contribution in [2.75, 3.05) is 0 Å². The highest BCUT2D eigenvalue weighted by atomic mass is 15.2. The highest BCUT2D eigenvalue weighted by Gasteiger charge is 2.17. The monoisotopic (exact) mass is 170 g/mol. The number of hydrogen-bond donors (Lipinski definition) is 0. The van der Waals surface area contributed by atoms with Crippen LogP contribution < -0.4 is 0 Å². The molecular weight excluding hydrogens is 163 g/mol. The van der Waals surface area contributed by atoms with Crippen molar-refractivity contribution in [1.29, 1.82) is 0 Å². The van der Waals surface area contributed by atoms with Gasteiger partial charge in [-0.3, -0.25) is 0 Å². The lowest BCUT2D eigenvalue weighted by Crippen LogP contribution is -2.26. The number of amidine groups is 1. The molecule has 1 aliphatic rings. The number of rotatable bonds is 0. The topological polar surface area (TPSA) is 41.4 Å². The van der Waals surface area contributed by atoms with Gasteiger partial charge in [-0.1, -0.05) is 6.58 Å². The van der Waals surface area contributed by atoms with Gasteiger partial charge in [0.2, 0.25) is 7.98 Å². The minimum atomic E-state index is 0.576. The molecule has 0 saturated heterocycles. The molecule has 0 aromatic carbocycles. The Kier molecular flexibility index (Phi) is 1.65. The normalized spacial score (nSPS) is 15.3. The predicted molar refractivity (Wildman–Crippen MR) is 51.4 cm³/mol. The SMILES string of the molecule is [B]N1C(=C)c2ccnnc2N=C1C. The van der Waals surface area contributed by atoms with Crippen LogP contribution >= 0.6 is 0 Å². The molecule has 0 fully saturated rings. The van der Waals surface area contributed by atoms with Crippen LogP contribution in [0.4, 0.5) is 5.82 Å². The van der Waals surface area contributed by atoms with E-state index >= 15 is 0 Å². The maximum atomic E-state index is 5.69. The fraction of sp³-hybridized carbons (Fsp3) is 0.125. The third-order valence-corrected chi connectivity index (χ3v) is 1.92. The van der Waals surface area contributed by atoms with Crippen molar-refractivity contribution in [1.82, 2.24) is 15.0 Å². The van der Waals surface area contributed by atoms with E-state index in [1.807, 2.05) is 0 Å². The molecule has 2 heterocycles. The Labute approximate surface area is 77.4 Å². The average Bonchev–Trinajstić information content (AvgIpc) is 2.15. The number of aromatic nitrogens is 2. The second-order valence-electron chi connectivity index (χ2n) is 2.74. The summed E-state index contributed by atoms with van der Waals surface area (Å²) in [6, 6.07) is 1.79. The molecular formula is C8H7BN4. The molecule has 0 unspecified atom stereocenters.